The van der Waals surface area contributed by atoms with Gasteiger partial charge < -0.3 is 5.73 Å². The first-order chi connectivity index (χ1) is 9.79. The van der Waals surface area contributed by atoms with Gasteiger partial charge in [0.05, 0.1) is 11.2 Å². The van der Waals surface area contributed by atoms with Crippen LogP contribution in [0.3, 0.4) is 0 Å². The summed E-state index contributed by atoms with van der Waals surface area (Å²) in [6, 6.07) is 8.93. The van der Waals surface area contributed by atoms with Gasteiger partial charge in [0.2, 0.25) is 0 Å². The summed E-state index contributed by atoms with van der Waals surface area (Å²) < 4.78 is 2.12. The highest BCUT2D eigenvalue weighted by Crippen LogP contribution is 2.28. The van der Waals surface area contributed by atoms with E-state index in [0.29, 0.717) is 12.0 Å². The van der Waals surface area contributed by atoms with Gasteiger partial charge in [0.25, 0.3) is 0 Å². The largest absolute Gasteiger partial charge is 0.327 e. The van der Waals surface area contributed by atoms with Crippen molar-refractivity contribution in [3.63, 3.8) is 0 Å². The Morgan fingerprint density at radius 2 is 2.00 bits per heavy atom. The number of aryl methyl sites for hydroxylation is 1. The van der Waals surface area contributed by atoms with E-state index in [0.717, 1.165) is 13.0 Å². The van der Waals surface area contributed by atoms with E-state index in [2.05, 4.69) is 35.9 Å². The minimum Gasteiger partial charge on any atom is -0.327 e. The first-order valence-electron chi connectivity index (χ1n) is 7.99. The Kier molecular flexibility index (Phi) is 4.06. The van der Waals surface area contributed by atoms with Gasteiger partial charge in [-0.25, -0.2) is 0 Å². The molecule has 1 heterocycles. The smallest absolute Gasteiger partial charge is 0.0706 e. The molecule has 0 spiro atoms. The average molecular weight is 271 g/mol. The van der Waals surface area contributed by atoms with E-state index in [1.165, 1.54) is 48.7 Å². The summed E-state index contributed by atoms with van der Waals surface area (Å²) in [5.74, 6) is 0.598. The maximum Gasteiger partial charge on any atom is 0.0706 e. The summed E-state index contributed by atoms with van der Waals surface area (Å²) in [5.41, 5.74) is 8.87. The lowest BCUT2D eigenvalue weighted by Gasteiger charge is -2.20. The zero-order valence-corrected chi connectivity index (χ0v) is 12.4. The van der Waals surface area contributed by atoms with Crippen molar-refractivity contribution >= 4 is 10.9 Å². The molecule has 2 N–H and O–H groups in total. The lowest BCUT2D eigenvalue weighted by atomic mass is 9.90. The highest BCUT2D eigenvalue weighted by molar-refractivity contribution is 5.81. The number of rotatable bonds is 3. The van der Waals surface area contributed by atoms with Crippen LogP contribution in [0.15, 0.2) is 24.3 Å². The van der Waals surface area contributed by atoms with Gasteiger partial charge in [-0.3, -0.25) is 4.68 Å². The third-order valence-corrected chi connectivity index (χ3v) is 4.71. The Hall–Kier alpha value is -1.35. The van der Waals surface area contributed by atoms with Crippen molar-refractivity contribution in [1.29, 1.82) is 0 Å². The fourth-order valence-electron chi connectivity index (χ4n) is 3.50. The first-order valence-corrected chi connectivity index (χ1v) is 7.99. The molecular formula is C17H25N3. The number of benzene rings is 1. The number of hydrogen-bond acceptors (Lipinski definition) is 2. The normalized spacial score (nSPS) is 23.9. The summed E-state index contributed by atoms with van der Waals surface area (Å²) in [7, 11) is 0. The van der Waals surface area contributed by atoms with Crippen LogP contribution < -0.4 is 5.73 Å². The number of aromatic nitrogens is 2. The second-order valence-electron chi connectivity index (χ2n) is 6.05. The topological polar surface area (TPSA) is 43.8 Å². The van der Waals surface area contributed by atoms with Gasteiger partial charge in [-0.1, -0.05) is 37.5 Å². The Morgan fingerprint density at radius 1 is 1.20 bits per heavy atom. The van der Waals surface area contributed by atoms with Crippen LogP contribution in [-0.4, -0.2) is 15.8 Å². The highest BCUT2D eigenvalue weighted by Gasteiger charge is 2.23. The lowest BCUT2D eigenvalue weighted by molar-refractivity contribution is 0.391. The van der Waals surface area contributed by atoms with Crippen LogP contribution in [0, 0.1) is 5.92 Å². The van der Waals surface area contributed by atoms with E-state index in [4.69, 9.17) is 10.8 Å². The van der Waals surface area contributed by atoms with Gasteiger partial charge in [-0.2, -0.15) is 5.10 Å². The van der Waals surface area contributed by atoms with Gasteiger partial charge >= 0.3 is 0 Å². The molecule has 1 aromatic carbocycles. The SMILES string of the molecule is CCn1nc(CC2CCCCCC2N)c2ccccc21. The molecule has 1 aliphatic rings. The minimum absolute atomic E-state index is 0.350. The molecular weight excluding hydrogens is 246 g/mol. The Morgan fingerprint density at radius 3 is 2.85 bits per heavy atom. The maximum absolute atomic E-state index is 6.38. The molecule has 3 heteroatoms. The standard InChI is InChI=1S/C17H25N3/c1-2-20-17-11-7-6-9-14(17)16(19-20)12-13-8-4-3-5-10-15(13)18/h6-7,9,11,13,15H,2-5,8,10,12,18H2,1H3. The van der Waals surface area contributed by atoms with Crippen LogP contribution in [0.4, 0.5) is 0 Å². The van der Waals surface area contributed by atoms with Gasteiger partial charge in [0.1, 0.15) is 0 Å². The van der Waals surface area contributed by atoms with Crippen LogP contribution in [0.2, 0.25) is 0 Å². The molecule has 20 heavy (non-hydrogen) atoms. The number of para-hydroxylation sites is 1. The summed E-state index contributed by atoms with van der Waals surface area (Å²) in [6.45, 7) is 3.08. The van der Waals surface area contributed by atoms with Gasteiger partial charge in [0.15, 0.2) is 0 Å². The monoisotopic (exact) mass is 271 g/mol. The van der Waals surface area contributed by atoms with E-state index in [-0.39, 0.29) is 0 Å². The second-order valence-corrected chi connectivity index (χ2v) is 6.05. The molecule has 2 unspecified atom stereocenters. The van der Waals surface area contributed by atoms with E-state index < -0.39 is 0 Å². The Labute approximate surface area is 121 Å². The summed E-state index contributed by atoms with van der Waals surface area (Å²) in [4.78, 5) is 0. The van der Waals surface area contributed by atoms with E-state index in [1.54, 1.807) is 0 Å². The van der Waals surface area contributed by atoms with Crippen molar-refractivity contribution in [2.45, 2.75) is 58.0 Å². The van der Waals surface area contributed by atoms with Crippen molar-refractivity contribution in [1.82, 2.24) is 9.78 Å². The Balaban J connectivity index is 1.90. The molecule has 1 aromatic heterocycles. The quantitative estimate of drug-likeness (QED) is 0.868. The number of nitrogens with zero attached hydrogens (tertiary/aromatic N) is 2. The molecule has 0 aliphatic heterocycles. The molecule has 1 aliphatic carbocycles. The van der Waals surface area contributed by atoms with E-state index >= 15 is 0 Å². The predicted octanol–water partition coefficient (Wildman–Crippen LogP) is 3.51. The highest BCUT2D eigenvalue weighted by atomic mass is 15.3. The molecule has 0 saturated heterocycles. The van der Waals surface area contributed by atoms with Crippen LogP contribution in [0.5, 0.6) is 0 Å². The third-order valence-electron chi connectivity index (χ3n) is 4.71. The molecule has 2 aromatic rings. The number of fused-ring (bicyclic) bond motifs is 1. The van der Waals surface area contributed by atoms with Crippen LogP contribution >= 0.6 is 0 Å². The molecule has 1 saturated carbocycles. The minimum atomic E-state index is 0.350. The summed E-state index contributed by atoms with van der Waals surface area (Å²) in [6.07, 6.45) is 7.43. The molecule has 1 fully saturated rings. The summed E-state index contributed by atoms with van der Waals surface area (Å²) in [5, 5.41) is 6.14. The number of hydrogen-bond donors (Lipinski definition) is 1. The van der Waals surface area contributed by atoms with Crippen molar-refractivity contribution < 1.29 is 0 Å². The first kappa shape index (κ1) is 13.6. The third kappa shape index (κ3) is 2.59. The van der Waals surface area contributed by atoms with E-state index in [1.807, 2.05) is 0 Å². The van der Waals surface area contributed by atoms with Crippen LogP contribution in [0.25, 0.3) is 10.9 Å². The number of nitrogens with two attached hydrogens (primary N) is 1. The van der Waals surface area contributed by atoms with Crippen molar-refractivity contribution in [2.75, 3.05) is 0 Å². The molecule has 0 amide bonds. The van der Waals surface area contributed by atoms with Crippen molar-refractivity contribution in [3.8, 4) is 0 Å². The molecule has 108 valence electrons. The fourth-order valence-corrected chi connectivity index (χ4v) is 3.50. The molecule has 2 atom stereocenters. The average Bonchev–Trinajstić information content (AvgIpc) is 2.70. The van der Waals surface area contributed by atoms with Gasteiger partial charge in [-0.15, -0.1) is 0 Å². The van der Waals surface area contributed by atoms with Crippen molar-refractivity contribution in [2.24, 2.45) is 11.7 Å². The van der Waals surface area contributed by atoms with Crippen molar-refractivity contribution in [3.05, 3.63) is 30.0 Å². The summed E-state index contributed by atoms with van der Waals surface area (Å²) >= 11 is 0. The van der Waals surface area contributed by atoms with E-state index in [9.17, 15) is 0 Å². The molecule has 0 bridgehead atoms. The fraction of sp³-hybridized carbons (Fsp3) is 0.588. The van der Waals surface area contributed by atoms with Gasteiger partial charge in [-0.05, 0) is 38.2 Å². The van der Waals surface area contributed by atoms with Crippen LogP contribution in [0.1, 0.15) is 44.7 Å². The maximum atomic E-state index is 6.38. The second kappa shape index (κ2) is 5.96. The molecule has 0 radical (unpaired) electrons. The molecule has 3 rings (SSSR count). The zero-order valence-electron chi connectivity index (χ0n) is 12.4. The predicted molar refractivity (Wildman–Crippen MR) is 83.7 cm³/mol. The lowest BCUT2D eigenvalue weighted by Crippen LogP contribution is -2.30. The zero-order chi connectivity index (χ0) is 13.9. The molecule has 3 nitrogen and oxygen atoms in total. The van der Waals surface area contributed by atoms with Crippen LogP contribution in [-0.2, 0) is 13.0 Å². The van der Waals surface area contributed by atoms with Gasteiger partial charge in [0, 0.05) is 18.0 Å². The Bertz CT molecular complexity index is 573.